The monoisotopic (exact) mass is 240 g/mol. The fraction of sp³-hybridized carbons (Fsp3) is 0.250. The van der Waals surface area contributed by atoms with Crippen LogP contribution in [-0.4, -0.2) is 21.1 Å². The summed E-state index contributed by atoms with van der Waals surface area (Å²) in [5.41, 5.74) is 7.43. The van der Waals surface area contributed by atoms with Crippen LogP contribution in [0, 0.1) is 0 Å². The predicted molar refractivity (Wildman–Crippen MR) is 54.3 cm³/mol. The van der Waals surface area contributed by atoms with E-state index >= 15 is 0 Å². The van der Waals surface area contributed by atoms with Gasteiger partial charge in [-0.15, -0.1) is 0 Å². The number of hydrogen-bond donors (Lipinski definition) is 1. The first-order chi connectivity index (χ1) is 6.31. The van der Waals surface area contributed by atoms with Gasteiger partial charge in [-0.05, 0) is 22.0 Å². The minimum absolute atomic E-state index is 0.616. The Balaban J connectivity index is 2.58. The average Bonchev–Trinajstić information content (AvgIpc) is 2.49. The second-order valence-electron chi connectivity index (χ2n) is 2.72. The van der Waals surface area contributed by atoms with Gasteiger partial charge < -0.3 is 10.3 Å². The second kappa shape index (κ2) is 3.43. The summed E-state index contributed by atoms with van der Waals surface area (Å²) in [6, 6.07) is 1.94. The van der Waals surface area contributed by atoms with Crippen LogP contribution < -0.4 is 5.73 Å². The molecule has 0 saturated heterocycles. The smallest absolute Gasteiger partial charge is 0.108 e. The Morgan fingerprint density at radius 3 is 3.08 bits per heavy atom. The number of halogens is 1. The number of pyridine rings is 1. The van der Waals surface area contributed by atoms with Crippen molar-refractivity contribution in [1.82, 2.24) is 14.5 Å². The molecule has 2 aromatic rings. The van der Waals surface area contributed by atoms with Gasteiger partial charge in [0.1, 0.15) is 10.1 Å². The zero-order valence-corrected chi connectivity index (χ0v) is 8.53. The Kier molecular flexibility index (Phi) is 2.28. The van der Waals surface area contributed by atoms with E-state index in [9.17, 15) is 0 Å². The van der Waals surface area contributed by atoms with Gasteiger partial charge in [0.15, 0.2) is 0 Å². The van der Waals surface area contributed by atoms with Crippen LogP contribution in [0.2, 0.25) is 0 Å². The largest absolute Gasteiger partial charge is 0.329 e. The average molecular weight is 241 g/mol. The summed E-state index contributed by atoms with van der Waals surface area (Å²) in [5, 5.41) is 0. The van der Waals surface area contributed by atoms with Gasteiger partial charge in [0.2, 0.25) is 0 Å². The van der Waals surface area contributed by atoms with Crippen molar-refractivity contribution in [2.45, 2.75) is 6.54 Å². The Morgan fingerprint density at radius 2 is 2.31 bits per heavy atom. The Bertz CT molecular complexity index is 423. The summed E-state index contributed by atoms with van der Waals surface area (Å²) in [5.74, 6) is 0. The van der Waals surface area contributed by atoms with E-state index in [1.54, 1.807) is 12.5 Å². The molecule has 0 aromatic carbocycles. The van der Waals surface area contributed by atoms with Crippen molar-refractivity contribution in [2.75, 3.05) is 6.54 Å². The van der Waals surface area contributed by atoms with Crippen molar-refractivity contribution >= 4 is 27.0 Å². The van der Waals surface area contributed by atoms with E-state index in [4.69, 9.17) is 5.73 Å². The lowest BCUT2D eigenvalue weighted by atomic mass is 10.4. The predicted octanol–water partition coefficient (Wildman–Crippen LogP) is 1.15. The lowest BCUT2D eigenvalue weighted by Gasteiger charge is -2.00. The molecule has 0 aliphatic carbocycles. The van der Waals surface area contributed by atoms with Crippen molar-refractivity contribution in [3.63, 3.8) is 0 Å². The lowest BCUT2D eigenvalue weighted by Crippen LogP contribution is -2.08. The number of fused-ring (bicyclic) bond motifs is 1. The minimum Gasteiger partial charge on any atom is -0.329 e. The molecule has 13 heavy (non-hydrogen) atoms. The van der Waals surface area contributed by atoms with Gasteiger partial charge >= 0.3 is 0 Å². The molecular weight excluding hydrogens is 232 g/mol. The molecule has 0 fully saturated rings. The number of imidazole rings is 1. The molecule has 0 amide bonds. The molecule has 0 aliphatic rings. The van der Waals surface area contributed by atoms with E-state index < -0.39 is 0 Å². The van der Waals surface area contributed by atoms with Crippen molar-refractivity contribution in [2.24, 2.45) is 5.73 Å². The summed E-state index contributed by atoms with van der Waals surface area (Å²) >= 11 is 3.32. The van der Waals surface area contributed by atoms with Gasteiger partial charge in [0.25, 0.3) is 0 Å². The highest BCUT2D eigenvalue weighted by atomic mass is 79.9. The van der Waals surface area contributed by atoms with Crippen molar-refractivity contribution < 1.29 is 0 Å². The van der Waals surface area contributed by atoms with Gasteiger partial charge in [-0.3, -0.25) is 0 Å². The van der Waals surface area contributed by atoms with Gasteiger partial charge in [-0.1, -0.05) is 0 Å². The standard InChI is InChI=1S/C8H9BrN4/c9-8-3-7-6(4-11-8)12-5-13(7)2-1-10/h3-5H,1-2,10H2. The summed E-state index contributed by atoms with van der Waals surface area (Å²) < 4.78 is 2.83. The van der Waals surface area contributed by atoms with Crippen LogP contribution in [0.1, 0.15) is 0 Å². The number of rotatable bonds is 2. The molecule has 0 spiro atoms. The van der Waals surface area contributed by atoms with Crippen molar-refractivity contribution in [3.8, 4) is 0 Å². The number of nitrogens with two attached hydrogens (primary N) is 1. The van der Waals surface area contributed by atoms with Crippen LogP contribution in [-0.2, 0) is 6.54 Å². The fourth-order valence-electron chi connectivity index (χ4n) is 1.25. The molecule has 68 valence electrons. The number of hydrogen-bond acceptors (Lipinski definition) is 3. The van der Waals surface area contributed by atoms with E-state index in [0.717, 1.165) is 22.2 Å². The van der Waals surface area contributed by atoms with Crippen LogP contribution in [0.4, 0.5) is 0 Å². The molecule has 2 heterocycles. The van der Waals surface area contributed by atoms with Gasteiger partial charge in [-0.25, -0.2) is 9.97 Å². The van der Waals surface area contributed by atoms with E-state index in [1.807, 2.05) is 10.6 Å². The zero-order chi connectivity index (χ0) is 9.26. The summed E-state index contributed by atoms with van der Waals surface area (Å²) in [4.78, 5) is 8.29. The van der Waals surface area contributed by atoms with Gasteiger partial charge in [0.05, 0.1) is 18.0 Å². The maximum absolute atomic E-state index is 5.47. The summed E-state index contributed by atoms with van der Waals surface area (Å²) in [6.07, 6.45) is 3.53. The first kappa shape index (κ1) is 8.65. The lowest BCUT2D eigenvalue weighted by molar-refractivity contribution is 0.728. The highest BCUT2D eigenvalue weighted by Gasteiger charge is 2.02. The maximum Gasteiger partial charge on any atom is 0.108 e. The van der Waals surface area contributed by atoms with Crippen LogP contribution >= 0.6 is 15.9 Å². The van der Waals surface area contributed by atoms with Crippen molar-refractivity contribution in [1.29, 1.82) is 0 Å². The normalized spacial score (nSPS) is 10.9. The van der Waals surface area contributed by atoms with E-state index in [-0.39, 0.29) is 0 Å². The molecule has 0 atom stereocenters. The minimum atomic E-state index is 0.616. The molecular formula is C8H9BrN4. The molecule has 2 N–H and O–H groups in total. The highest BCUT2D eigenvalue weighted by molar-refractivity contribution is 9.10. The molecule has 2 aromatic heterocycles. The van der Waals surface area contributed by atoms with E-state index in [2.05, 4.69) is 25.9 Å². The maximum atomic E-state index is 5.47. The quantitative estimate of drug-likeness (QED) is 0.802. The van der Waals surface area contributed by atoms with Crippen LogP contribution in [0.5, 0.6) is 0 Å². The van der Waals surface area contributed by atoms with Gasteiger partial charge in [-0.2, -0.15) is 0 Å². The summed E-state index contributed by atoms with van der Waals surface area (Å²) in [7, 11) is 0. The first-order valence-corrected chi connectivity index (χ1v) is 4.77. The molecule has 0 bridgehead atoms. The fourth-order valence-corrected chi connectivity index (χ4v) is 1.57. The summed E-state index contributed by atoms with van der Waals surface area (Å²) in [6.45, 7) is 1.40. The molecule has 5 heteroatoms. The molecule has 4 nitrogen and oxygen atoms in total. The Hall–Kier alpha value is -0.940. The van der Waals surface area contributed by atoms with E-state index in [1.165, 1.54) is 0 Å². The molecule has 0 radical (unpaired) electrons. The van der Waals surface area contributed by atoms with E-state index in [0.29, 0.717) is 6.54 Å². The first-order valence-electron chi connectivity index (χ1n) is 3.97. The SMILES string of the molecule is NCCn1cnc2cnc(Br)cc21. The highest BCUT2D eigenvalue weighted by Crippen LogP contribution is 2.15. The molecule has 0 unspecified atom stereocenters. The van der Waals surface area contributed by atoms with Crippen LogP contribution in [0.3, 0.4) is 0 Å². The third kappa shape index (κ3) is 1.57. The van der Waals surface area contributed by atoms with Gasteiger partial charge in [0, 0.05) is 13.1 Å². The van der Waals surface area contributed by atoms with Crippen molar-refractivity contribution in [3.05, 3.63) is 23.2 Å². The second-order valence-corrected chi connectivity index (χ2v) is 3.53. The Morgan fingerprint density at radius 1 is 1.46 bits per heavy atom. The third-order valence-corrected chi connectivity index (χ3v) is 2.28. The zero-order valence-electron chi connectivity index (χ0n) is 6.94. The third-order valence-electron chi connectivity index (χ3n) is 1.84. The molecule has 2 rings (SSSR count). The Labute approximate surface area is 83.9 Å². The number of nitrogens with zero attached hydrogens (tertiary/aromatic N) is 3. The molecule has 0 aliphatic heterocycles. The topological polar surface area (TPSA) is 56.7 Å². The van der Waals surface area contributed by atoms with Crippen LogP contribution in [0.25, 0.3) is 11.0 Å². The molecule has 0 saturated carbocycles. The van der Waals surface area contributed by atoms with Crippen LogP contribution in [0.15, 0.2) is 23.2 Å². The number of aromatic nitrogens is 3.